The molecule has 0 unspecified atom stereocenters. The lowest BCUT2D eigenvalue weighted by Gasteiger charge is -2.01. The molecule has 0 fully saturated rings. The number of hydrogen-bond acceptors (Lipinski definition) is 5. The number of thioether (sulfide) groups is 1. The van der Waals surface area contributed by atoms with Crippen molar-refractivity contribution in [2.75, 3.05) is 5.75 Å². The molecule has 0 aliphatic rings. The number of thiophene rings is 1. The van der Waals surface area contributed by atoms with Crippen LogP contribution >= 0.6 is 46.0 Å². The predicted octanol–water partition coefficient (Wildman–Crippen LogP) is 4.42. The van der Waals surface area contributed by atoms with Crippen LogP contribution in [0, 0.1) is 0 Å². The molecular weight excluding hydrogens is 344 g/mol. The van der Waals surface area contributed by atoms with Crippen molar-refractivity contribution in [2.45, 2.75) is 10.9 Å². The highest BCUT2D eigenvalue weighted by atomic mass is 35.5. The van der Waals surface area contributed by atoms with Gasteiger partial charge in [-0.15, -0.1) is 22.7 Å². The van der Waals surface area contributed by atoms with Crippen LogP contribution in [0.15, 0.2) is 40.1 Å². The van der Waals surface area contributed by atoms with Crippen LogP contribution in [-0.4, -0.2) is 16.6 Å². The van der Waals surface area contributed by atoms with Gasteiger partial charge in [-0.25, -0.2) is 4.98 Å². The van der Waals surface area contributed by atoms with Crippen molar-refractivity contribution in [2.24, 2.45) is 0 Å². The highest BCUT2D eigenvalue weighted by Gasteiger charge is 2.08. The topological polar surface area (TPSA) is 42.0 Å². The summed E-state index contributed by atoms with van der Waals surface area (Å²) in [4.78, 5) is 17.4. The number of halogens is 1. The van der Waals surface area contributed by atoms with Crippen LogP contribution < -0.4 is 5.32 Å². The zero-order valence-electron chi connectivity index (χ0n) is 10.8. The molecule has 0 radical (unpaired) electrons. The van der Waals surface area contributed by atoms with Gasteiger partial charge in [0.25, 0.3) is 0 Å². The van der Waals surface area contributed by atoms with E-state index in [-0.39, 0.29) is 5.91 Å². The van der Waals surface area contributed by atoms with Crippen LogP contribution in [0.2, 0.25) is 5.02 Å². The van der Waals surface area contributed by atoms with Crippen molar-refractivity contribution in [3.05, 3.63) is 45.6 Å². The number of amides is 1. The van der Waals surface area contributed by atoms with Crippen LogP contribution in [0.5, 0.6) is 0 Å². The van der Waals surface area contributed by atoms with E-state index in [1.165, 1.54) is 11.8 Å². The average molecular weight is 355 g/mol. The first-order chi connectivity index (χ1) is 10.2. The molecule has 2 heterocycles. The van der Waals surface area contributed by atoms with Gasteiger partial charge in [0.2, 0.25) is 5.91 Å². The van der Waals surface area contributed by atoms with Crippen molar-refractivity contribution in [3.63, 3.8) is 0 Å². The van der Waals surface area contributed by atoms with Crippen molar-refractivity contribution in [3.8, 4) is 0 Å². The summed E-state index contributed by atoms with van der Waals surface area (Å²) < 4.78 is 1.97. The third kappa shape index (κ3) is 3.97. The van der Waals surface area contributed by atoms with E-state index in [0.717, 1.165) is 19.4 Å². The SMILES string of the molecule is O=C(CSc1nc2cc(Cl)ccc2s1)NCc1cccs1. The van der Waals surface area contributed by atoms with Gasteiger partial charge >= 0.3 is 0 Å². The lowest BCUT2D eigenvalue weighted by Crippen LogP contribution is -2.24. The van der Waals surface area contributed by atoms with Crippen molar-refractivity contribution < 1.29 is 4.79 Å². The minimum atomic E-state index is 0.0192. The van der Waals surface area contributed by atoms with Gasteiger partial charge in [0.05, 0.1) is 22.5 Å². The highest BCUT2D eigenvalue weighted by molar-refractivity contribution is 8.01. The summed E-state index contributed by atoms with van der Waals surface area (Å²) in [5.74, 6) is 0.393. The number of aromatic nitrogens is 1. The minimum Gasteiger partial charge on any atom is -0.350 e. The first-order valence-electron chi connectivity index (χ1n) is 6.19. The molecule has 21 heavy (non-hydrogen) atoms. The maximum atomic E-state index is 11.8. The molecule has 1 amide bonds. The Balaban J connectivity index is 1.54. The van der Waals surface area contributed by atoms with Gasteiger partial charge in [-0.2, -0.15) is 0 Å². The maximum absolute atomic E-state index is 11.8. The lowest BCUT2D eigenvalue weighted by atomic mass is 10.3. The molecule has 0 aliphatic carbocycles. The van der Waals surface area contributed by atoms with Crippen LogP contribution in [-0.2, 0) is 11.3 Å². The number of thiazole rings is 1. The first-order valence-corrected chi connectivity index (χ1v) is 9.24. The van der Waals surface area contributed by atoms with E-state index in [0.29, 0.717) is 17.3 Å². The number of nitrogens with zero attached hydrogens (tertiary/aromatic N) is 1. The lowest BCUT2D eigenvalue weighted by molar-refractivity contribution is -0.118. The molecule has 2 aromatic heterocycles. The highest BCUT2D eigenvalue weighted by Crippen LogP contribution is 2.30. The van der Waals surface area contributed by atoms with Gasteiger partial charge < -0.3 is 5.32 Å². The van der Waals surface area contributed by atoms with Crippen molar-refractivity contribution >= 4 is 62.2 Å². The Morgan fingerprint density at radius 2 is 2.29 bits per heavy atom. The summed E-state index contributed by atoms with van der Waals surface area (Å²) in [7, 11) is 0. The summed E-state index contributed by atoms with van der Waals surface area (Å²) in [6.45, 7) is 0.590. The molecule has 0 spiro atoms. The number of nitrogens with one attached hydrogen (secondary N) is 1. The Hall–Kier alpha value is -1.08. The Morgan fingerprint density at radius 3 is 3.10 bits per heavy atom. The average Bonchev–Trinajstić information content (AvgIpc) is 3.11. The quantitative estimate of drug-likeness (QED) is 0.689. The fraction of sp³-hybridized carbons (Fsp3) is 0.143. The second-order valence-electron chi connectivity index (χ2n) is 4.24. The number of benzene rings is 1. The maximum Gasteiger partial charge on any atom is 0.230 e. The largest absolute Gasteiger partial charge is 0.350 e. The molecule has 108 valence electrons. The van der Waals surface area contributed by atoms with Crippen LogP contribution in [0.3, 0.4) is 0 Å². The smallest absolute Gasteiger partial charge is 0.230 e. The van der Waals surface area contributed by atoms with Crippen molar-refractivity contribution in [1.29, 1.82) is 0 Å². The van der Waals surface area contributed by atoms with E-state index < -0.39 is 0 Å². The summed E-state index contributed by atoms with van der Waals surface area (Å²) >= 11 is 10.6. The van der Waals surface area contributed by atoms with Gasteiger partial charge in [0.1, 0.15) is 0 Å². The molecule has 7 heteroatoms. The first kappa shape index (κ1) is 14.8. The van der Waals surface area contributed by atoms with Gasteiger partial charge in [-0.1, -0.05) is 29.4 Å². The second kappa shape index (κ2) is 6.79. The standard InChI is InChI=1S/C14H11ClN2OS3/c15-9-3-4-12-11(6-9)17-14(21-12)20-8-13(18)16-7-10-2-1-5-19-10/h1-6H,7-8H2,(H,16,18). The molecule has 0 bridgehead atoms. The molecule has 0 saturated heterocycles. The van der Waals surface area contributed by atoms with Gasteiger partial charge in [-0.05, 0) is 29.6 Å². The fourth-order valence-electron chi connectivity index (χ4n) is 1.72. The Kier molecular flexibility index (Phi) is 4.80. The second-order valence-corrected chi connectivity index (χ2v) is 7.96. The number of carbonyl (C=O) groups excluding carboxylic acids is 1. The van der Waals surface area contributed by atoms with E-state index in [1.807, 2.05) is 35.7 Å². The molecule has 1 aromatic carbocycles. The third-order valence-electron chi connectivity index (χ3n) is 2.70. The Morgan fingerprint density at radius 1 is 1.38 bits per heavy atom. The molecule has 1 N–H and O–H groups in total. The van der Waals surface area contributed by atoms with Gasteiger partial charge in [0.15, 0.2) is 4.34 Å². The zero-order valence-corrected chi connectivity index (χ0v) is 14.0. The molecule has 0 aliphatic heterocycles. The monoisotopic (exact) mass is 354 g/mol. The number of carbonyl (C=O) groups is 1. The number of rotatable bonds is 5. The van der Waals surface area contributed by atoms with E-state index >= 15 is 0 Å². The fourth-order valence-corrected chi connectivity index (χ4v) is 4.41. The van der Waals surface area contributed by atoms with Crippen LogP contribution in [0.1, 0.15) is 4.88 Å². The summed E-state index contributed by atoms with van der Waals surface area (Å²) in [6, 6.07) is 9.64. The predicted molar refractivity (Wildman–Crippen MR) is 91.5 cm³/mol. The Labute approximate surface area is 139 Å². The van der Waals surface area contributed by atoms with Crippen LogP contribution in [0.4, 0.5) is 0 Å². The molecule has 0 atom stereocenters. The third-order valence-corrected chi connectivity index (χ3v) is 5.99. The van der Waals surface area contributed by atoms with E-state index in [1.54, 1.807) is 22.7 Å². The molecule has 0 saturated carbocycles. The summed E-state index contributed by atoms with van der Waals surface area (Å²) in [5, 5.41) is 5.59. The van der Waals surface area contributed by atoms with Crippen LogP contribution in [0.25, 0.3) is 10.2 Å². The van der Waals surface area contributed by atoms with E-state index in [2.05, 4.69) is 10.3 Å². The molecule has 3 aromatic rings. The summed E-state index contributed by atoms with van der Waals surface area (Å²) in [6.07, 6.45) is 0. The van der Waals surface area contributed by atoms with Gasteiger partial charge in [-0.3, -0.25) is 4.79 Å². The molecular formula is C14H11ClN2OS3. The van der Waals surface area contributed by atoms with E-state index in [4.69, 9.17) is 11.6 Å². The van der Waals surface area contributed by atoms with Crippen molar-refractivity contribution in [1.82, 2.24) is 10.3 Å². The summed E-state index contributed by atoms with van der Waals surface area (Å²) in [5.41, 5.74) is 0.883. The Bertz CT molecular complexity index is 755. The zero-order chi connectivity index (χ0) is 14.7. The van der Waals surface area contributed by atoms with E-state index in [9.17, 15) is 4.79 Å². The number of hydrogen-bond donors (Lipinski definition) is 1. The number of fused-ring (bicyclic) bond motifs is 1. The van der Waals surface area contributed by atoms with Gasteiger partial charge in [0, 0.05) is 9.90 Å². The minimum absolute atomic E-state index is 0.0192. The normalized spacial score (nSPS) is 10.9. The molecule has 3 rings (SSSR count). The molecule has 3 nitrogen and oxygen atoms in total.